The summed E-state index contributed by atoms with van der Waals surface area (Å²) in [4.78, 5) is 15.0. The van der Waals surface area contributed by atoms with Gasteiger partial charge in [0.15, 0.2) is 0 Å². The summed E-state index contributed by atoms with van der Waals surface area (Å²) in [6.45, 7) is 3.07. The molecule has 1 aliphatic rings. The molecule has 1 fully saturated rings. The summed E-state index contributed by atoms with van der Waals surface area (Å²) in [5.41, 5.74) is 1.14. The number of nitrogens with one attached hydrogen (secondary N) is 1. The number of carbonyl (C=O) groups excluding carboxylic acids is 1. The molecule has 25 heavy (non-hydrogen) atoms. The smallest absolute Gasteiger partial charge is 0.401 e. The SMILES string of the molecule is Cc1ccc(OCCNC(=O)N2CCCN(CC(F)(F)F)CC2)cc1. The molecule has 1 aliphatic heterocycles. The Kier molecular flexibility index (Phi) is 6.92. The van der Waals surface area contributed by atoms with Crippen LogP contribution in [0.4, 0.5) is 18.0 Å². The zero-order chi connectivity index (χ0) is 18.3. The first-order valence-electron chi connectivity index (χ1n) is 8.35. The lowest BCUT2D eigenvalue weighted by Crippen LogP contribution is -2.43. The maximum Gasteiger partial charge on any atom is 0.401 e. The fourth-order valence-corrected chi connectivity index (χ4v) is 2.66. The van der Waals surface area contributed by atoms with Crippen LogP contribution < -0.4 is 10.1 Å². The molecule has 8 heteroatoms. The zero-order valence-electron chi connectivity index (χ0n) is 14.3. The van der Waals surface area contributed by atoms with Crippen molar-refractivity contribution in [3.63, 3.8) is 0 Å². The van der Waals surface area contributed by atoms with Gasteiger partial charge in [0.25, 0.3) is 0 Å². The number of hydrogen-bond donors (Lipinski definition) is 1. The molecular formula is C17H24F3N3O2. The third-order valence-electron chi connectivity index (χ3n) is 3.95. The summed E-state index contributed by atoms with van der Waals surface area (Å²) in [6, 6.07) is 7.35. The second-order valence-corrected chi connectivity index (χ2v) is 6.13. The number of hydrogen-bond acceptors (Lipinski definition) is 3. The minimum atomic E-state index is -4.20. The number of amides is 2. The van der Waals surface area contributed by atoms with Gasteiger partial charge in [0.1, 0.15) is 12.4 Å². The van der Waals surface area contributed by atoms with Crippen molar-refractivity contribution in [2.75, 3.05) is 45.9 Å². The predicted octanol–water partition coefficient (Wildman–Crippen LogP) is 2.65. The number of nitrogens with zero attached hydrogens (tertiary/aromatic N) is 2. The number of ether oxygens (including phenoxy) is 1. The molecule has 5 nitrogen and oxygen atoms in total. The number of benzene rings is 1. The van der Waals surface area contributed by atoms with Gasteiger partial charge in [-0.05, 0) is 25.5 Å². The average Bonchev–Trinajstić information content (AvgIpc) is 2.77. The number of rotatable bonds is 5. The summed E-state index contributed by atoms with van der Waals surface area (Å²) < 4.78 is 42.9. The van der Waals surface area contributed by atoms with E-state index in [-0.39, 0.29) is 12.6 Å². The summed E-state index contributed by atoms with van der Waals surface area (Å²) in [5.74, 6) is 0.734. The van der Waals surface area contributed by atoms with Crippen molar-refractivity contribution < 1.29 is 22.7 Å². The van der Waals surface area contributed by atoms with Crippen LogP contribution in [0.25, 0.3) is 0 Å². The van der Waals surface area contributed by atoms with E-state index in [1.165, 1.54) is 4.90 Å². The number of urea groups is 1. The standard InChI is InChI=1S/C17H24F3N3O2/c1-14-3-5-15(6-4-14)25-12-7-21-16(24)23-9-2-8-22(10-11-23)13-17(18,19)20/h3-6H,2,7-13H2,1H3,(H,21,24). The molecule has 1 aromatic rings. The summed E-state index contributed by atoms with van der Waals surface area (Å²) >= 11 is 0. The third-order valence-corrected chi connectivity index (χ3v) is 3.95. The van der Waals surface area contributed by atoms with Gasteiger partial charge in [0.05, 0.1) is 13.1 Å². The highest BCUT2D eigenvalue weighted by Crippen LogP contribution is 2.17. The molecule has 0 saturated carbocycles. The Morgan fingerprint density at radius 2 is 1.88 bits per heavy atom. The van der Waals surface area contributed by atoms with Crippen molar-refractivity contribution in [2.24, 2.45) is 0 Å². The van der Waals surface area contributed by atoms with Gasteiger partial charge in [0.2, 0.25) is 0 Å². The Bertz CT molecular complexity index is 549. The first-order valence-corrected chi connectivity index (χ1v) is 8.35. The van der Waals surface area contributed by atoms with Gasteiger partial charge in [-0.15, -0.1) is 0 Å². The van der Waals surface area contributed by atoms with Gasteiger partial charge in [-0.25, -0.2) is 4.79 Å². The van der Waals surface area contributed by atoms with Gasteiger partial charge in [-0.2, -0.15) is 13.2 Å². The summed E-state index contributed by atoms with van der Waals surface area (Å²) in [5, 5.41) is 2.75. The Morgan fingerprint density at radius 3 is 2.56 bits per heavy atom. The molecule has 2 rings (SSSR count). The molecule has 1 heterocycles. The Labute approximate surface area is 145 Å². The normalized spacial score (nSPS) is 16.4. The van der Waals surface area contributed by atoms with E-state index in [2.05, 4.69) is 5.32 Å². The van der Waals surface area contributed by atoms with Crippen molar-refractivity contribution in [3.05, 3.63) is 29.8 Å². The lowest BCUT2D eigenvalue weighted by molar-refractivity contribution is -0.145. The topological polar surface area (TPSA) is 44.8 Å². The molecule has 140 valence electrons. The highest BCUT2D eigenvalue weighted by atomic mass is 19.4. The van der Waals surface area contributed by atoms with E-state index >= 15 is 0 Å². The van der Waals surface area contributed by atoms with Crippen LogP contribution in [0.15, 0.2) is 24.3 Å². The molecule has 1 saturated heterocycles. The number of alkyl halides is 3. The van der Waals surface area contributed by atoms with E-state index < -0.39 is 12.7 Å². The van der Waals surface area contributed by atoms with Crippen LogP contribution in [0.2, 0.25) is 0 Å². The predicted molar refractivity (Wildman–Crippen MR) is 88.8 cm³/mol. The van der Waals surface area contributed by atoms with Crippen molar-refractivity contribution >= 4 is 6.03 Å². The molecule has 2 amide bonds. The maximum absolute atomic E-state index is 12.4. The third kappa shape index (κ3) is 7.21. The molecule has 0 atom stereocenters. The van der Waals surface area contributed by atoms with Gasteiger partial charge < -0.3 is 15.0 Å². The average molecular weight is 359 g/mol. The van der Waals surface area contributed by atoms with E-state index in [0.717, 1.165) is 11.3 Å². The Morgan fingerprint density at radius 1 is 1.16 bits per heavy atom. The lowest BCUT2D eigenvalue weighted by atomic mass is 10.2. The van der Waals surface area contributed by atoms with E-state index in [1.54, 1.807) is 4.90 Å². The van der Waals surface area contributed by atoms with Crippen LogP contribution in [0.3, 0.4) is 0 Å². The van der Waals surface area contributed by atoms with Gasteiger partial charge in [-0.1, -0.05) is 17.7 Å². The van der Waals surface area contributed by atoms with Crippen LogP contribution in [0, 0.1) is 6.92 Å². The van der Waals surface area contributed by atoms with Crippen LogP contribution in [-0.2, 0) is 0 Å². The van der Waals surface area contributed by atoms with E-state index in [1.807, 2.05) is 31.2 Å². The fourth-order valence-electron chi connectivity index (χ4n) is 2.66. The molecule has 0 radical (unpaired) electrons. The minimum absolute atomic E-state index is 0.229. The van der Waals surface area contributed by atoms with Crippen LogP contribution in [-0.4, -0.2) is 67.9 Å². The molecule has 0 unspecified atom stereocenters. The van der Waals surface area contributed by atoms with E-state index in [4.69, 9.17) is 4.74 Å². The lowest BCUT2D eigenvalue weighted by Gasteiger charge is -2.23. The second-order valence-electron chi connectivity index (χ2n) is 6.13. The van der Waals surface area contributed by atoms with Gasteiger partial charge >= 0.3 is 12.2 Å². The number of halogens is 3. The molecule has 0 bridgehead atoms. The van der Waals surface area contributed by atoms with Gasteiger partial charge in [-0.3, -0.25) is 4.90 Å². The van der Waals surface area contributed by atoms with Crippen molar-refractivity contribution in [1.82, 2.24) is 15.1 Å². The first kappa shape index (κ1) is 19.4. The van der Waals surface area contributed by atoms with Crippen molar-refractivity contribution in [3.8, 4) is 5.75 Å². The number of aryl methyl sites for hydroxylation is 1. The van der Waals surface area contributed by atoms with Gasteiger partial charge in [0, 0.05) is 26.2 Å². The quantitative estimate of drug-likeness (QED) is 0.822. The summed E-state index contributed by atoms with van der Waals surface area (Å²) in [7, 11) is 0. The fraction of sp³-hybridized carbons (Fsp3) is 0.588. The largest absolute Gasteiger partial charge is 0.492 e. The second kappa shape index (κ2) is 8.94. The zero-order valence-corrected chi connectivity index (χ0v) is 14.3. The monoisotopic (exact) mass is 359 g/mol. The molecule has 0 aliphatic carbocycles. The van der Waals surface area contributed by atoms with Crippen LogP contribution in [0.5, 0.6) is 5.75 Å². The van der Waals surface area contributed by atoms with Crippen LogP contribution in [0.1, 0.15) is 12.0 Å². The van der Waals surface area contributed by atoms with Crippen LogP contribution >= 0.6 is 0 Å². The molecule has 0 spiro atoms. The Hall–Kier alpha value is -1.96. The highest BCUT2D eigenvalue weighted by Gasteiger charge is 2.31. The minimum Gasteiger partial charge on any atom is -0.492 e. The first-order chi connectivity index (χ1) is 11.8. The number of carbonyl (C=O) groups is 1. The summed E-state index contributed by atoms with van der Waals surface area (Å²) in [6.07, 6.45) is -3.67. The molecule has 1 N–H and O–H groups in total. The van der Waals surface area contributed by atoms with Crippen molar-refractivity contribution in [1.29, 1.82) is 0 Å². The highest BCUT2D eigenvalue weighted by molar-refractivity contribution is 5.74. The van der Waals surface area contributed by atoms with E-state index in [9.17, 15) is 18.0 Å². The molecule has 1 aromatic carbocycles. The maximum atomic E-state index is 12.4. The van der Waals surface area contributed by atoms with Crippen molar-refractivity contribution in [2.45, 2.75) is 19.5 Å². The molecule has 0 aromatic heterocycles. The Balaban J connectivity index is 1.67. The van der Waals surface area contributed by atoms with E-state index in [0.29, 0.717) is 39.2 Å². The molecular weight excluding hydrogens is 335 g/mol.